The normalized spacial score (nSPS) is 12.2. The number of phenolic OH excluding ortho intramolecular Hbond substituents is 1. The predicted molar refractivity (Wildman–Crippen MR) is 121 cm³/mol. The second-order valence-electron chi connectivity index (χ2n) is 7.08. The van der Waals surface area contributed by atoms with Crippen LogP contribution in [0.15, 0.2) is 75.4 Å². The molecular formula is C21H19Cl2NO5S2. The van der Waals surface area contributed by atoms with Crippen molar-refractivity contribution in [3.05, 3.63) is 76.3 Å². The van der Waals surface area contributed by atoms with Gasteiger partial charge in [0, 0.05) is 10.0 Å². The first-order chi connectivity index (χ1) is 14.4. The van der Waals surface area contributed by atoms with Crippen molar-refractivity contribution in [2.45, 2.75) is 34.5 Å². The molecule has 0 radical (unpaired) electrons. The van der Waals surface area contributed by atoms with Gasteiger partial charge in [-0.3, -0.25) is 4.72 Å². The van der Waals surface area contributed by atoms with Gasteiger partial charge in [-0.15, -0.1) is 0 Å². The molecule has 3 aromatic rings. The second-order valence-corrected chi connectivity index (χ2v) is 11.6. The lowest BCUT2D eigenvalue weighted by Crippen LogP contribution is -2.14. The molecule has 0 heterocycles. The molecule has 0 fully saturated rings. The van der Waals surface area contributed by atoms with Crippen molar-refractivity contribution >= 4 is 48.7 Å². The van der Waals surface area contributed by atoms with E-state index in [4.69, 9.17) is 23.2 Å². The summed E-state index contributed by atoms with van der Waals surface area (Å²) in [5, 5.41) is 11.4. The molecule has 0 unspecified atom stereocenters. The third kappa shape index (κ3) is 4.98. The molecule has 164 valence electrons. The van der Waals surface area contributed by atoms with Gasteiger partial charge in [-0.05, 0) is 72.1 Å². The molecule has 3 rings (SSSR count). The van der Waals surface area contributed by atoms with Gasteiger partial charge in [0.25, 0.3) is 10.0 Å². The summed E-state index contributed by atoms with van der Waals surface area (Å²) >= 11 is 11.7. The lowest BCUT2D eigenvalue weighted by molar-refractivity contribution is 0.448. The monoisotopic (exact) mass is 499 g/mol. The summed E-state index contributed by atoms with van der Waals surface area (Å²) in [6, 6.07) is 13.5. The highest BCUT2D eigenvalue weighted by Gasteiger charge is 2.26. The van der Waals surface area contributed by atoms with Gasteiger partial charge in [0.05, 0.1) is 15.5 Å². The number of sulfonamides is 1. The van der Waals surface area contributed by atoms with Crippen LogP contribution < -0.4 is 4.72 Å². The minimum atomic E-state index is -4.15. The zero-order valence-electron chi connectivity index (χ0n) is 16.5. The Morgan fingerprint density at radius 1 is 0.806 bits per heavy atom. The van der Waals surface area contributed by atoms with E-state index in [1.807, 2.05) is 0 Å². The summed E-state index contributed by atoms with van der Waals surface area (Å²) < 4.78 is 54.3. The summed E-state index contributed by atoms with van der Waals surface area (Å²) in [7, 11) is -8.17. The Bertz CT molecular complexity index is 1320. The lowest BCUT2D eigenvalue weighted by Gasteiger charge is -2.17. The number of sulfone groups is 1. The van der Waals surface area contributed by atoms with Crippen molar-refractivity contribution in [3.8, 4) is 5.75 Å². The standard InChI is InChI=1S/C21H19Cl2NO5S2/c1-13(2)19-11-16(24-31(28,29)18-9-5-15(23)6-10-18)12-20(21(19)25)30(26,27)17-7-3-14(22)4-8-17/h3-13,24-25H,1-2H3. The molecule has 31 heavy (non-hydrogen) atoms. The van der Waals surface area contributed by atoms with Gasteiger partial charge in [0.15, 0.2) is 0 Å². The summed E-state index contributed by atoms with van der Waals surface area (Å²) in [6.07, 6.45) is 0. The molecule has 0 aliphatic carbocycles. The second kappa shape index (κ2) is 8.70. The minimum Gasteiger partial charge on any atom is -0.506 e. The molecule has 2 N–H and O–H groups in total. The largest absolute Gasteiger partial charge is 0.506 e. The Morgan fingerprint density at radius 2 is 1.29 bits per heavy atom. The number of hydrogen-bond acceptors (Lipinski definition) is 5. The number of aromatic hydroxyl groups is 1. The zero-order valence-corrected chi connectivity index (χ0v) is 19.6. The average Bonchev–Trinajstić information content (AvgIpc) is 2.69. The Kier molecular flexibility index (Phi) is 6.57. The van der Waals surface area contributed by atoms with Crippen molar-refractivity contribution in [1.82, 2.24) is 0 Å². The first kappa shape index (κ1) is 23.4. The van der Waals surface area contributed by atoms with E-state index in [0.29, 0.717) is 10.0 Å². The molecule has 0 atom stereocenters. The zero-order chi connectivity index (χ0) is 23.0. The SMILES string of the molecule is CC(C)c1cc(NS(=O)(=O)c2ccc(Cl)cc2)cc(S(=O)(=O)c2ccc(Cl)cc2)c1O. The maximum absolute atomic E-state index is 13.2. The van der Waals surface area contributed by atoms with E-state index >= 15 is 0 Å². The van der Waals surface area contributed by atoms with Gasteiger partial charge in [-0.1, -0.05) is 37.0 Å². The smallest absolute Gasteiger partial charge is 0.261 e. The van der Waals surface area contributed by atoms with E-state index in [1.54, 1.807) is 13.8 Å². The third-order valence-corrected chi connectivity index (χ3v) is 8.20. The highest BCUT2D eigenvalue weighted by atomic mass is 35.5. The molecule has 0 amide bonds. The topological polar surface area (TPSA) is 101 Å². The van der Waals surface area contributed by atoms with Gasteiger partial charge in [0.1, 0.15) is 10.6 Å². The molecule has 6 nitrogen and oxygen atoms in total. The Balaban J connectivity index is 2.14. The summed E-state index contributed by atoms with van der Waals surface area (Å²) in [6.45, 7) is 3.51. The Morgan fingerprint density at radius 3 is 1.77 bits per heavy atom. The highest BCUT2D eigenvalue weighted by Crippen LogP contribution is 2.38. The van der Waals surface area contributed by atoms with Crippen LogP contribution in [0.1, 0.15) is 25.3 Å². The van der Waals surface area contributed by atoms with E-state index in [2.05, 4.69) is 4.72 Å². The van der Waals surface area contributed by atoms with Crippen molar-refractivity contribution in [2.75, 3.05) is 4.72 Å². The molecular weight excluding hydrogens is 481 g/mol. The summed E-state index contributed by atoms with van der Waals surface area (Å²) in [5.74, 6) is -0.710. The van der Waals surface area contributed by atoms with Gasteiger partial charge < -0.3 is 5.11 Å². The van der Waals surface area contributed by atoms with Crippen molar-refractivity contribution < 1.29 is 21.9 Å². The lowest BCUT2D eigenvalue weighted by atomic mass is 10.0. The van der Waals surface area contributed by atoms with Crippen LogP contribution in [0.3, 0.4) is 0 Å². The number of nitrogens with one attached hydrogen (secondary N) is 1. The van der Waals surface area contributed by atoms with Gasteiger partial charge in [-0.2, -0.15) is 0 Å². The van der Waals surface area contributed by atoms with Crippen LogP contribution in [0.25, 0.3) is 0 Å². The first-order valence-corrected chi connectivity index (χ1v) is 12.8. The van der Waals surface area contributed by atoms with Crippen molar-refractivity contribution in [2.24, 2.45) is 0 Å². The molecule has 0 aliphatic rings. The maximum Gasteiger partial charge on any atom is 0.261 e. The minimum absolute atomic E-state index is 0.00369. The maximum atomic E-state index is 13.2. The Hall–Kier alpha value is -2.26. The molecule has 0 aliphatic heterocycles. The van der Waals surface area contributed by atoms with Gasteiger partial charge in [-0.25, -0.2) is 16.8 Å². The number of hydrogen-bond donors (Lipinski definition) is 2. The van der Waals surface area contributed by atoms with Gasteiger partial charge >= 0.3 is 0 Å². The molecule has 0 bridgehead atoms. The van der Waals surface area contributed by atoms with Crippen LogP contribution in [0.5, 0.6) is 5.75 Å². The summed E-state index contributed by atoms with van der Waals surface area (Å²) in [5.41, 5.74) is 0.285. The Labute approximate surface area is 191 Å². The molecule has 10 heteroatoms. The average molecular weight is 500 g/mol. The quantitative estimate of drug-likeness (QED) is 0.438. The van der Waals surface area contributed by atoms with Crippen molar-refractivity contribution in [1.29, 1.82) is 0 Å². The fourth-order valence-corrected chi connectivity index (χ4v) is 5.60. The fraction of sp³-hybridized carbons (Fsp3) is 0.143. The molecule has 0 saturated carbocycles. The fourth-order valence-electron chi connectivity index (χ4n) is 2.90. The van der Waals surface area contributed by atoms with Crippen LogP contribution in [-0.4, -0.2) is 21.9 Å². The van der Waals surface area contributed by atoms with Crippen LogP contribution in [-0.2, 0) is 19.9 Å². The molecule has 0 spiro atoms. The third-order valence-electron chi connectivity index (χ3n) is 4.52. The van der Waals surface area contributed by atoms with Crippen LogP contribution in [0, 0.1) is 0 Å². The van der Waals surface area contributed by atoms with Crippen molar-refractivity contribution in [3.63, 3.8) is 0 Å². The number of phenols is 1. The predicted octanol–water partition coefficient (Wildman–Crippen LogP) is 5.46. The molecule has 3 aromatic carbocycles. The van der Waals surface area contributed by atoms with E-state index in [-0.39, 0.29) is 27.0 Å². The van der Waals surface area contributed by atoms with E-state index in [0.717, 1.165) is 6.07 Å². The van der Waals surface area contributed by atoms with Crippen LogP contribution in [0.2, 0.25) is 10.0 Å². The highest BCUT2D eigenvalue weighted by molar-refractivity contribution is 7.93. The van der Waals surface area contributed by atoms with E-state index in [1.165, 1.54) is 54.6 Å². The number of benzene rings is 3. The molecule has 0 saturated heterocycles. The number of rotatable bonds is 6. The number of halogens is 2. The summed E-state index contributed by atoms with van der Waals surface area (Å²) in [4.78, 5) is -0.535. The van der Waals surface area contributed by atoms with E-state index in [9.17, 15) is 21.9 Å². The molecule has 0 aromatic heterocycles. The van der Waals surface area contributed by atoms with Gasteiger partial charge in [0.2, 0.25) is 9.84 Å². The number of anilines is 1. The van der Waals surface area contributed by atoms with E-state index < -0.39 is 30.5 Å². The van der Waals surface area contributed by atoms with Crippen LogP contribution >= 0.6 is 23.2 Å². The first-order valence-electron chi connectivity index (χ1n) is 9.08. The van der Waals surface area contributed by atoms with Crippen LogP contribution in [0.4, 0.5) is 5.69 Å².